The van der Waals surface area contributed by atoms with Crippen LogP contribution in [0.15, 0.2) is 54.6 Å². The van der Waals surface area contributed by atoms with Gasteiger partial charge < -0.3 is 10.6 Å². The molecule has 1 amide bonds. The quantitative estimate of drug-likeness (QED) is 0.911. The molecule has 0 aromatic heterocycles. The first-order valence-electron chi connectivity index (χ1n) is 8.05. The van der Waals surface area contributed by atoms with Crippen molar-refractivity contribution in [2.75, 3.05) is 13.1 Å². The maximum absolute atomic E-state index is 13.6. The van der Waals surface area contributed by atoms with E-state index in [4.69, 9.17) is 0 Å². The van der Waals surface area contributed by atoms with Gasteiger partial charge in [0.05, 0.1) is 12.0 Å². The predicted octanol–water partition coefficient (Wildman–Crippen LogP) is 3.03. The minimum Gasteiger partial charge on any atom is -0.345 e. The average molecular weight is 312 g/mol. The van der Waals surface area contributed by atoms with Crippen LogP contribution in [-0.4, -0.2) is 19.0 Å². The van der Waals surface area contributed by atoms with Crippen LogP contribution in [0.5, 0.6) is 0 Å². The molecule has 2 unspecified atom stereocenters. The smallest absolute Gasteiger partial charge is 0.225 e. The number of halogens is 1. The van der Waals surface area contributed by atoms with Crippen molar-refractivity contribution in [3.63, 3.8) is 0 Å². The van der Waals surface area contributed by atoms with E-state index in [0.717, 1.165) is 30.5 Å². The van der Waals surface area contributed by atoms with Gasteiger partial charge in [-0.15, -0.1) is 0 Å². The first-order chi connectivity index (χ1) is 11.2. The van der Waals surface area contributed by atoms with Gasteiger partial charge in [-0.05, 0) is 42.6 Å². The third kappa shape index (κ3) is 3.96. The van der Waals surface area contributed by atoms with Crippen LogP contribution in [0.1, 0.15) is 30.0 Å². The molecule has 0 radical (unpaired) electrons. The summed E-state index contributed by atoms with van der Waals surface area (Å²) in [5, 5.41) is 6.36. The molecule has 2 N–H and O–H groups in total. The zero-order valence-electron chi connectivity index (χ0n) is 13.0. The molecule has 1 aliphatic rings. The van der Waals surface area contributed by atoms with E-state index in [0.29, 0.717) is 6.54 Å². The first-order valence-corrected chi connectivity index (χ1v) is 8.05. The Labute approximate surface area is 135 Å². The van der Waals surface area contributed by atoms with Gasteiger partial charge in [-0.3, -0.25) is 4.79 Å². The molecule has 2 aromatic carbocycles. The molecule has 4 heteroatoms. The Hall–Kier alpha value is -2.20. The number of piperidine rings is 1. The number of benzene rings is 2. The van der Waals surface area contributed by atoms with Crippen molar-refractivity contribution in [3.8, 4) is 0 Å². The Morgan fingerprint density at radius 2 is 1.91 bits per heavy atom. The molecule has 0 bridgehead atoms. The summed E-state index contributed by atoms with van der Waals surface area (Å²) in [7, 11) is 0. The lowest BCUT2D eigenvalue weighted by Crippen LogP contribution is -2.42. The van der Waals surface area contributed by atoms with Gasteiger partial charge in [0, 0.05) is 6.54 Å². The average Bonchev–Trinajstić information content (AvgIpc) is 2.61. The number of rotatable bonds is 4. The van der Waals surface area contributed by atoms with Crippen LogP contribution in [0.2, 0.25) is 0 Å². The summed E-state index contributed by atoms with van der Waals surface area (Å²) in [6.45, 7) is 1.67. The van der Waals surface area contributed by atoms with Gasteiger partial charge in [0.15, 0.2) is 0 Å². The Bertz CT molecular complexity index is 653. The number of amides is 1. The lowest BCUT2D eigenvalue weighted by Gasteiger charge is -2.26. The van der Waals surface area contributed by atoms with Crippen LogP contribution in [-0.2, 0) is 4.79 Å². The van der Waals surface area contributed by atoms with Gasteiger partial charge in [-0.25, -0.2) is 4.39 Å². The van der Waals surface area contributed by atoms with E-state index in [2.05, 4.69) is 10.6 Å². The molecule has 2 atom stereocenters. The standard InChI is InChI=1S/C19H21FN2O/c20-17-10-4-8-15(12-17)18(14-6-2-1-3-7-14)22-19(23)16-9-5-11-21-13-16/h1-4,6-8,10,12,16,18,21H,5,9,11,13H2,(H,22,23). The molecule has 1 saturated heterocycles. The maximum Gasteiger partial charge on any atom is 0.225 e. The molecular formula is C19H21FN2O. The molecule has 120 valence electrons. The fourth-order valence-corrected chi connectivity index (χ4v) is 3.03. The van der Waals surface area contributed by atoms with Gasteiger partial charge in [0.25, 0.3) is 0 Å². The third-order valence-corrected chi connectivity index (χ3v) is 4.27. The zero-order valence-corrected chi connectivity index (χ0v) is 13.0. The predicted molar refractivity (Wildman–Crippen MR) is 88.4 cm³/mol. The van der Waals surface area contributed by atoms with E-state index < -0.39 is 0 Å². The van der Waals surface area contributed by atoms with Gasteiger partial charge in [0.2, 0.25) is 5.91 Å². The number of carbonyl (C=O) groups is 1. The van der Waals surface area contributed by atoms with Crippen molar-refractivity contribution in [1.29, 1.82) is 0 Å². The highest BCUT2D eigenvalue weighted by Crippen LogP contribution is 2.24. The second-order valence-corrected chi connectivity index (χ2v) is 5.95. The maximum atomic E-state index is 13.6. The molecular weight excluding hydrogens is 291 g/mol. The second kappa shape index (κ2) is 7.38. The largest absolute Gasteiger partial charge is 0.345 e. The minimum absolute atomic E-state index is 0.0234. The molecule has 3 rings (SSSR count). The topological polar surface area (TPSA) is 41.1 Å². The molecule has 0 spiro atoms. The van der Waals surface area contributed by atoms with Crippen LogP contribution in [0.25, 0.3) is 0 Å². The number of hydrogen-bond donors (Lipinski definition) is 2. The van der Waals surface area contributed by atoms with Crippen molar-refractivity contribution in [3.05, 3.63) is 71.5 Å². The van der Waals surface area contributed by atoms with Crippen LogP contribution in [0, 0.1) is 11.7 Å². The molecule has 23 heavy (non-hydrogen) atoms. The Morgan fingerprint density at radius 1 is 1.13 bits per heavy atom. The van der Waals surface area contributed by atoms with Crippen LogP contribution in [0.4, 0.5) is 4.39 Å². The summed E-state index contributed by atoms with van der Waals surface area (Å²) < 4.78 is 13.6. The van der Waals surface area contributed by atoms with Crippen molar-refractivity contribution in [2.24, 2.45) is 5.92 Å². The Balaban J connectivity index is 1.85. The first kappa shape index (κ1) is 15.7. The van der Waals surface area contributed by atoms with Crippen molar-refractivity contribution in [1.82, 2.24) is 10.6 Å². The van der Waals surface area contributed by atoms with Crippen LogP contribution >= 0.6 is 0 Å². The van der Waals surface area contributed by atoms with E-state index in [1.54, 1.807) is 6.07 Å². The van der Waals surface area contributed by atoms with E-state index >= 15 is 0 Å². The van der Waals surface area contributed by atoms with Crippen LogP contribution in [0.3, 0.4) is 0 Å². The molecule has 3 nitrogen and oxygen atoms in total. The van der Waals surface area contributed by atoms with E-state index in [1.165, 1.54) is 12.1 Å². The highest BCUT2D eigenvalue weighted by Gasteiger charge is 2.24. The normalized spacial score (nSPS) is 19.1. The summed E-state index contributed by atoms with van der Waals surface area (Å²) in [5.41, 5.74) is 1.71. The summed E-state index contributed by atoms with van der Waals surface area (Å²) >= 11 is 0. The molecule has 0 saturated carbocycles. The molecule has 1 aliphatic heterocycles. The summed E-state index contributed by atoms with van der Waals surface area (Å²) in [6.07, 6.45) is 1.90. The van der Waals surface area contributed by atoms with Crippen molar-refractivity contribution < 1.29 is 9.18 Å². The number of nitrogens with one attached hydrogen (secondary N) is 2. The second-order valence-electron chi connectivity index (χ2n) is 5.95. The Kier molecular flexibility index (Phi) is 5.03. The summed E-state index contributed by atoms with van der Waals surface area (Å²) in [6, 6.07) is 15.8. The molecule has 1 fully saturated rings. The lowest BCUT2D eigenvalue weighted by molar-refractivity contribution is -0.126. The van der Waals surface area contributed by atoms with Crippen molar-refractivity contribution in [2.45, 2.75) is 18.9 Å². The zero-order chi connectivity index (χ0) is 16.1. The summed E-state index contributed by atoms with van der Waals surface area (Å²) in [5.74, 6) is -0.296. The summed E-state index contributed by atoms with van der Waals surface area (Å²) in [4.78, 5) is 12.6. The monoisotopic (exact) mass is 312 g/mol. The van der Waals surface area contributed by atoms with Gasteiger partial charge >= 0.3 is 0 Å². The molecule has 2 aromatic rings. The molecule has 1 heterocycles. The molecule has 0 aliphatic carbocycles. The van der Waals surface area contributed by atoms with Gasteiger partial charge in [-0.2, -0.15) is 0 Å². The van der Waals surface area contributed by atoms with E-state index in [-0.39, 0.29) is 23.7 Å². The van der Waals surface area contributed by atoms with Crippen molar-refractivity contribution >= 4 is 5.91 Å². The van der Waals surface area contributed by atoms with E-state index in [9.17, 15) is 9.18 Å². The Morgan fingerprint density at radius 3 is 2.61 bits per heavy atom. The fourth-order valence-electron chi connectivity index (χ4n) is 3.03. The SMILES string of the molecule is O=C(NC(c1ccccc1)c1cccc(F)c1)C1CCCNC1. The minimum atomic E-state index is -0.332. The highest BCUT2D eigenvalue weighted by atomic mass is 19.1. The fraction of sp³-hybridized carbons (Fsp3) is 0.316. The van der Waals surface area contributed by atoms with Gasteiger partial charge in [0.1, 0.15) is 5.82 Å². The lowest BCUT2D eigenvalue weighted by atomic mass is 9.95. The van der Waals surface area contributed by atoms with Gasteiger partial charge in [-0.1, -0.05) is 42.5 Å². The van der Waals surface area contributed by atoms with Crippen LogP contribution < -0.4 is 10.6 Å². The van der Waals surface area contributed by atoms with E-state index in [1.807, 2.05) is 36.4 Å². The number of carbonyl (C=O) groups excluding carboxylic acids is 1. The highest BCUT2D eigenvalue weighted by molar-refractivity contribution is 5.80. The number of hydrogen-bond acceptors (Lipinski definition) is 2. The third-order valence-electron chi connectivity index (χ3n) is 4.27.